The summed E-state index contributed by atoms with van der Waals surface area (Å²) >= 11 is 4.10. The predicted molar refractivity (Wildman–Crippen MR) is 286 cm³/mol. The Bertz CT molecular complexity index is 1050. The first-order chi connectivity index (χ1) is 31.6. The number of methoxy groups -OCH3 is 4. The van der Waals surface area contributed by atoms with Crippen LogP contribution in [0.1, 0.15) is 27.7 Å². The van der Waals surface area contributed by atoms with E-state index in [0.717, 1.165) is 7.11 Å². The summed E-state index contributed by atoms with van der Waals surface area (Å²) in [5.74, 6) is -0.306. The molecule has 0 aliphatic carbocycles. The number of hydrogen-bond acceptors (Lipinski definition) is 19. The van der Waals surface area contributed by atoms with E-state index in [9.17, 15) is 47.9 Å². The van der Waals surface area contributed by atoms with E-state index < -0.39 is 12.2 Å². The lowest BCUT2D eigenvalue weighted by Gasteiger charge is -2.06. The first-order valence-corrected chi connectivity index (χ1v) is 23.4. The van der Waals surface area contributed by atoms with Crippen LogP contribution in [0.25, 0.3) is 0 Å². The number of rotatable bonds is 0. The molecule has 7 N–H and O–H groups in total. The summed E-state index contributed by atoms with van der Waals surface area (Å²) < 4.78 is 16.5. The molecule has 0 fully saturated rings. The highest BCUT2D eigenvalue weighted by atomic mass is 32.2. The molecule has 0 rings (SSSR count). The zero-order chi connectivity index (χ0) is 58.9. The number of aliphatic hydroxyl groups excluding tert-OH is 1. The molecule has 0 radical (unpaired) electrons. The normalized spacial score (nSPS) is 7.36. The molecule has 0 bridgehead atoms. The highest BCUT2D eigenvalue weighted by Crippen LogP contribution is 1.89. The molecule has 0 aromatic rings. The van der Waals surface area contributed by atoms with Crippen molar-refractivity contribution in [2.45, 2.75) is 27.7 Å². The van der Waals surface area contributed by atoms with Gasteiger partial charge in [0.05, 0.1) is 28.4 Å². The average Bonchev–Trinajstić information content (AvgIpc) is 3.31. The Hall–Kier alpha value is -5.13. The van der Waals surface area contributed by atoms with E-state index >= 15 is 0 Å². The number of aliphatic hydroxyl groups is 1. The third kappa shape index (κ3) is 192. The van der Waals surface area contributed by atoms with Crippen LogP contribution in [0.2, 0.25) is 0 Å². The first kappa shape index (κ1) is 97.6. The van der Waals surface area contributed by atoms with Crippen molar-refractivity contribution >= 4 is 93.8 Å². The molecule has 420 valence electrons. The number of esters is 2. The van der Waals surface area contributed by atoms with Crippen LogP contribution in [0.15, 0.2) is 0 Å². The van der Waals surface area contributed by atoms with Crippen molar-refractivity contribution in [1.82, 2.24) is 56.4 Å². The monoisotopic (exact) mass is 1070 g/mol. The van der Waals surface area contributed by atoms with Crippen molar-refractivity contribution in [3.63, 3.8) is 0 Å². The van der Waals surface area contributed by atoms with Crippen molar-refractivity contribution in [1.29, 1.82) is 0 Å². The summed E-state index contributed by atoms with van der Waals surface area (Å²) in [6.45, 7) is 5.78. The van der Waals surface area contributed by atoms with Gasteiger partial charge in [-0.15, -0.1) is 0 Å². The molecule has 0 aromatic carbocycles. The highest BCUT2D eigenvalue weighted by Gasteiger charge is 1.95. The van der Waals surface area contributed by atoms with Crippen LogP contribution in [0, 0.1) is 0 Å². The van der Waals surface area contributed by atoms with Crippen LogP contribution in [-0.2, 0) is 38.1 Å². The molecule has 0 saturated carbocycles. The summed E-state index contributed by atoms with van der Waals surface area (Å²) in [6, 6.07) is -0.139. The molecule has 0 heterocycles. The van der Waals surface area contributed by atoms with E-state index in [1.54, 1.807) is 109 Å². The van der Waals surface area contributed by atoms with Gasteiger partial charge in [0, 0.05) is 133 Å². The lowest BCUT2D eigenvalue weighted by molar-refractivity contribution is -0.138. The average molecular weight is 1070 g/mol. The van der Waals surface area contributed by atoms with Crippen molar-refractivity contribution in [2.24, 2.45) is 0 Å². The summed E-state index contributed by atoms with van der Waals surface area (Å²) in [6.07, 6.45) is 6.74. The van der Waals surface area contributed by atoms with Crippen LogP contribution in [0.4, 0.5) is 28.8 Å². The van der Waals surface area contributed by atoms with Gasteiger partial charge in [0.15, 0.2) is 0 Å². The highest BCUT2D eigenvalue weighted by molar-refractivity contribution is 8.13. The minimum absolute atomic E-state index is 0.00926. The number of thioether (sulfide) groups is 3. The zero-order valence-electron chi connectivity index (χ0n) is 47.6. The second kappa shape index (κ2) is 86.1. The number of nitrogens with one attached hydrogen (secondary N) is 6. The Morgan fingerprint density at radius 2 is 0.536 bits per heavy atom. The SMILES string of the molecule is CC(=O)N(C)C.CC(=O)N(C)C.CN(C)C.CNC(=O)N(C)C.CNC(=O)N(C)C.CNC(=O)OC.CNC(=O)OC.CNC(=O)SC.CNC(=O)SC.CO.COC(C)=O.COC(C)=O.CSC. The summed E-state index contributed by atoms with van der Waals surface area (Å²) in [7, 11) is 35.4. The molecule has 26 nitrogen and oxygen atoms in total. The summed E-state index contributed by atoms with van der Waals surface area (Å²) in [4.78, 5) is 108. The second-order valence-corrected chi connectivity index (χ2v) is 14.2. The molecule has 0 aromatic heterocycles. The number of ether oxygens (including phenoxy) is 4. The standard InChI is InChI=1S/2C4H10N2O.2C4H9NO.2C3H7NO2.2C3H7NOS.C3H9N.2C3H6O2.C2H6S.CH4O/c2*1-5-4(7)6(2)3;2*1-4(6)5(2)3;4*1-4-3(5)6-2;1-4(2)3;2*1-3(4)5-2;1-3-2;1-2/h2*1-3H3,(H,5,7);2*1-3H3;4*1-2H3,(H,4,5);1-3H3;2*1-2H3;1-2H3;2H,1H3. The Kier molecular flexibility index (Phi) is 122. The largest absolute Gasteiger partial charge is 0.469 e. The van der Waals surface area contributed by atoms with Gasteiger partial charge in [0.1, 0.15) is 0 Å². The van der Waals surface area contributed by atoms with E-state index in [4.69, 9.17) is 5.11 Å². The first-order valence-electron chi connectivity index (χ1n) is 19.3. The van der Waals surface area contributed by atoms with E-state index in [0.29, 0.717) is 0 Å². The van der Waals surface area contributed by atoms with E-state index in [1.807, 2.05) is 38.6 Å². The fraction of sp³-hybridized carbons (Fsp3) is 0.750. The number of alkyl carbamates (subject to hydrolysis) is 2. The topological polar surface area (TPSA) is 316 Å². The van der Waals surface area contributed by atoms with Crippen LogP contribution in [0.5, 0.6) is 0 Å². The van der Waals surface area contributed by atoms with Crippen LogP contribution in [0.3, 0.4) is 0 Å². The van der Waals surface area contributed by atoms with Gasteiger partial charge in [-0.25, -0.2) is 19.2 Å². The minimum Gasteiger partial charge on any atom is -0.469 e. The van der Waals surface area contributed by atoms with Gasteiger partial charge in [-0.3, -0.25) is 28.8 Å². The molecule has 0 unspecified atom stereocenters. The smallest absolute Gasteiger partial charge is 0.406 e. The maximum Gasteiger partial charge on any atom is 0.406 e. The predicted octanol–water partition coefficient (Wildman–Crippen LogP) is 2.41. The molecule has 29 heteroatoms. The van der Waals surface area contributed by atoms with Crippen LogP contribution < -0.4 is 31.9 Å². The maximum atomic E-state index is 10.3. The van der Waals surface area contributed by atoms with Gasteiger partial charge in [-0.05, 0) is 46.2 Å². The summed E-state index contributed by atoms with van der Waals surface area (Å²) in [5, 5.41) is 21.3. The van der Waals surface area contributed by atoms with E-state index in [-0.39, 0.29) is 46.3 Å². The van der Waals surface area contributed by atoms with E-state index in [2.05, 4.69) is 50.8 Å². The van der Waals surface area contributed by atoms with Gasteiger partial charge in [-0.1, -0.05) is 23.5 Å². The number of nitrogens with zero attached hydrogens (tertiary/aromatic N) is 5. The molecule has 10 amide bonds. The van der Waals surface area contributed by atoms with Gasteiger partial charge < -0.3 is 80.5 Å². The van der Waals surface area contributed by atoms with Crippen molar-refractivity contribution in [3.05, 3.63) is 0 Å². The van der Waals surface area contributed by atoms with Gasteiger partial charge in [0.2, 0.25) is 11.8 Å². The maximum absolute atomic E-state index is 10.3. The summed E-state index contributed by atoms with van der Waals surface area (Å²) in [5.41, 5.74) is 0. The lowest BCUT2D eigenvalue weighted by Crippen LogP contribution is -2.31. The molecule has 0 aliphatic heterocycles. The fourth-order valence-corrected chi connectivity index (χ4v) is 1.26. The lowest BCUT2D eigenvalue weighted by atomic mass is 10.7. The van der Waals surface area contributed by atoms with Crippen LogP contribution in [-0.4, -0.2) is 268 Å². The van der Waals surface area contributed by atoms with Gasteiger partial charge in [-0.2, -0.15) is 11.8 Å². The number of carbonyl (C=O) groups excluding carboxylic acids is 10. The number of hydrogen-bond donors (Lipinski definition) is 7. The van der Waals surface area contributed by atoms with E-state index in [1.165, 1.54) is 113 Å². The molecule has 0 saturated heterocycles. The Morgan fingerprint density at radius 1 is 0.377 bits per heavy atom. The number of amides is 10. The Labute approximate surface area is 428 Å². The minimum atomic E-state index is -0.407. The van der Waals surface area contributed by atoms with Crippen molar-refractivity contribution in [2.75, 3.05) is 180 Å². The number of carbonyl (C=O) groups is 10. The number of urea groups is 2. The Morgan fingerprint density at radius 3 is 0.536 bits per heavy atom. The molecule has 0 spiro atoms. The third-order valence-corrected chi connectivity index (χ3v) is 5.78. The molecule has 69 heavy (non-hydrogen) atoms. The second-order valence-electron chi connectivity index (χ2n) is 11.8. The molecule has 0 aliphatic rings. The molecular weight excluding hydrogens is 971 g/mol. The Balaban J connectivity index is -0.0000000451. The van der Waals surface area contributed by atoms with Crippen molar-refractivity contribution < 1.29 is 72.0 Å². The van der Waals surface area contributed by atoms with Gasteiger partial charge >= 0.3 is 36.2 Å². The van der Waals surface area contributed by atoms with Gasteiger partial charge in [0.25, 0.3) is 10.5 Å². The fourth-order valence-electron chi connectivity index (χ4n) is 0.855. The zero-order valence-corrected chi connectivity index (χ0v) is 50.1. The third-order valence-electron chi connectivity index (χ3n) is 4.63. The van der Waals surface area contributed by atoms with Crippen LogP contribution >= 0.6 is 35.3 Å². The van der Waals surface area contributed by atoms with Crippen molar-refractivity contribution in [3.8, 4) is 0 Å². The molecule has 0 atom stereocenters. The quantitative estimate of drug-likeness (QED) is 0.135. The molecular formula is C40H97N11O15S3.